The van der Waals surface area contributed by atoms with Gasteiger partial charge in [0.1, 0.15) is 6.17 Å². The van der Waals surface area contributed by atoms with Crippen molar-refractivity contribution in [3.05, 3.63) is 76.2 Å². The molecule has 3 heterocycles. The molecule has 29 heavy (non-hydrogen) atoms. The Bertz CT molecular complexity index is 1050. The van der Waals surface area contributed by atoms with Gasteiger partial charge >= 0.3 is 0 Å². The van der Waals surface area contributed by atoms with Crippen LogP contribution >= 0.6 is 11.8 Å². The van der Waals surface area contributed by atoms with E-state index in [9.17, 15) is 14.4 Å². The molecule has 0 N–H and O–H groups in total. The smallest absolute Gasteiger partial charge is 0.278 e. The summed E-state index contributed by atoms with van der Waals surface area (Å²) in [6, 6.07) is 11.0. The fourth-order valence-corrected chi connectivity index (χ4v) is 4.92. The molecule has 0 unspecified atom stereocenters. The van der Waals surface area contributed by atoms with E-state index >= 15 is 0 Å². The molecule has 0 spiro atoms. The molecule has 0 radical (unpaired) electrons. The van der Waals surface area contributed by atoms with Crippen LogP contribution in [0.1, 0.15) is 29.0 Å². The topological polar surface area (TPSA) is 71.8 Å². The molecule has 8 heteroatoms. The molecule has 150 valence electrons. The van der Waals surface area contributed by atoms with Gasteiger partial charge in [0.15, 0.2) is 16.6 Å². The van der Waals surface area contributed by atoms with Crippen molar-refractivity contribution in [2.45, 2.75) is 24.4 Å². The van der Waals surface area contributed by atoms with Crippen molar-refractivity contribution < 1.29 is 14.3 Å². The molecule has 3 atom stereocenters. The first-order chi connectivity index (χ1) is 13.9. The zero-order valence-electron chi connectivity index (χ0n) is 16.3. The number of carbonyl (C=O) groups excluding carboxylic acids is 2. The van der Waals surface area contributed by atoms with Gasteiger partial charge in [-0.1, -0.05) is 48.2 Å². The Morgan fingerprint density at radius 3 is 2.48 bits per heavy atom. The van der Waals surface area contributed by atoms with Crippen LogP contribution in [-0.2, 0) is 4.79 Å². The molecule has 0 fully saturated rings. The molecule has 2 aliphatic heterocycles. The second kappa shape index (κ2) is 7.44. The Labute approximate surface area is 172 Å². The van der Waals surface area contributed by atoms with Gasteiger partial charge in [0.05, 0.1) is 18.4 Å². The Hall–Kier alpha value is -3.00. The lowest BCUT2D eigenvalue weighted by Gasteiger charge is -2.51. The Kier molecular flexibility index (Phi) is 4.96. The third-order valence-electron chi connectivity index (χ3n) is 5.19. The summed E-state index contributed by atoms with van der Waals surface area (Å²) in [5, 5.41) is 1.87. The van der Waals surface area contributed by atoms with Crippen molar-refractivity contribution in [1.29, 1.82) is 0 Å². The normalized spacial score (nSPS) is 22.9. The van der Waals surface area contributed by atoms with Gasteiger partial charge in [-0.3, -0.25) is 24.1 Å². The summed E-state index contributed by atoms with van der Waals surface area (Å²) in [6.45, 7) is 1.55. The van der Waals surface area contributed by atoms with Crippen molar-refractivity contribution in [1.82, 2.24) is 9.58 Å². The minimum atomic E-state index is -0.365. The number of rotatable bonds is 3. The molecule has 0 aliphatic carbocycles. The second-order valence-electron chi connectivity index (χ2n) is 6.93. The van der Waals surface area contributed by atoms with Gasteiger partial charge in [-0.2, -0.15) is 0 Å². The van der Waals surface area contributed by atoms with Crippen molar-refractivity contribution in [2.75, 3.05) is 19.2 Å². The van der Waals surface area contributed by atoms with Crippen LogP contribution in [0.5, 0.6) is 5.75 Å². The molecule has 1 aromatic carbocycles. The first-order valence-corrected chi connectivity index (χ1v) is 10.1. The molecule has 2 aromatic rings. The quantitative estimate of drug-likeness (QED) is 0.721. The van der Waals surface area contributed by atoms with Crippen LogP contribution < -0.4 is 15.2 Å². The number of methoxy groups -OCH3 is 1. The van der Waals surface area contributed by atoms with Crippen LogP contribution in [0.3, 0.4) is 0 Å². The third-order valence-corrected chi connectivity index (χ3v) is 6.21. The minimum Gasteiger partial charge on any atom is -0.491 e. The predicted molar refractivity (Wildman–Crippen MR) is 112 cm³/mol. The lowest BCUT2D eigenvalue weighted by molar-refractivity contribution is -0.109. The highest BCUT2D eigenvalue weighted by atomic mass is 32.2. The lowest BCUT2D eigenvalue weighted by atomic mass is 9.97. The summed E-state index contributed by atoms with van der Waals surface area (Å²) in [4.78, 5) is 38.9. The van der Waals surface area contributed by atoms with Gasteiger partial charge in [0.2, 0.25) is 5.43 Å². The molecule has 0 saturated heterocycles. The standard InChI is InChI=1S/C21H21N3O4S/c1-13(25)29-16-9-10-17-22(2)21(27)19-20(28-3)15(26)11-12-23(19)24(17)18(16)14-7-5-4-6-8-14/h4-12,16-18H,1-3H3/t16-,17+,18-/m1/s1. The van der Waals surface area contributed by atoms with E-state index < -0.39 is 0 Å². The number of fused-ring (bicyclic) bond motifs is 3. The second-order valence-corrected chi connectivity index (χ2v) is 8.29. The number of hydrogen-bond donors (Lipinski definition) is 0. The van der Waals surface area contributed by atoms with E-state index in [0.29, 0.717) is 0 Å². The van der Waals surface area contributed by atoms with Crippen LogP contribution in [-0.4, -0.2) is 46.2 Å². The number of thioether (sulfide) groups is 1. The van der Waals surface area contributed by atoms with E-state index in [4.69, 9.17) is 4.74 Å². The Balaban J connectivity index is 1.96. The van der Waals surface area contributed by atoms with Crippen LogP contribution in [0, 0.1) is 0 Å². The van der Waals surface area contributed by atoms with Gasteiger partial charge in [-0.15, -0.1) is 0 Å². The molecule has 0 bridgehead atoms. The first kappa shape index (κ1) is 19.3. The molecule has 7 nitrogen and oxygen atoms in total. The maximum absolute atomic E-state index is 13.1. The fraction of sp³-hybridized carbons (Fsp3) is 0.286. The lowest BCUT2D eigenvalue weighted by Crippen LogP contribution is -2.63. The van der Waals surface area contributed by atoms with Gasteiger partial charge in [-0.05, 0) is 11.6 Å². The van der Waals surface area contributed by atoms with Crippen LogP contribution in [0.25, 0.3) is 0 Å². The summed E-state index contributed by atoms with van der Waals surface area (Å²) in [5.74, 6) is -0.283. The zero-order valence-corrected chi connectivity index (χ0v) is 17.1. The molecule has 1 amide bonds. The summed E-state index contributed by atoms with van der Waals surface area (Å²) in [6.07, 6.45) is 5.14. The fourth-order valence-electron chi connectivity index (χ4n) is 3.95. The number of pyridine rings is 1. The van der Waals surface area contributed by atoms with Crippen LogP contribution in [0.2, 0.25) is 0 Å². The molecule has 2 aliphatic rings. The summed E-state index contributed by atoms with van der Waals surface area (Å²) in [7, 11) is 3.08. The molecule has 1 aromatic heterocycles. The van der Waals surface area contributed by atoms with E-state index in [-0.39, 0.29) is 45.4 Å². The number of likely N-dealkylation sites (N-methyl/N-ethyl adjacent to an activating group) is 1. The van der Waals surface area contributed by atoms with Crippen molar-refractivity contribution in [3.63, 3.8) is 0 Å². The van der Waals surface area contributed by atoms with Crippen molar-refractivity contribution >= 4 is 22.8 Å². The minimum absolute atomic E-state index is 0.0122. The van der Waals surface area contributed by atoms with Crippen molar-refractivity contribution in [3.8, 4) is 5.75 Å². The maximum Gasteiger partial charge on any atom is 0.278 e. The van der Waals surface area contributed by atoms with E-state index in [1.54, 1.807) is 29.7 Å². The highest BCUT2D eigenvalue weighted by molar-refractivity contribution is 8.14. The number of hydrogen-bond acceptors (Lipinski definition) is 6. The predicted octanol–water partition coefficient (Wildman–Crippen LogP) is 2.17. The van der Waals surface area contributed by atoms with E-state index in [0.717, 1.165) is 5.56 Å². The van der Waals surface area contributed by atoms with E-state index in [1.165, 1.54) is 24.9 Å². The Morgan fingerprint density at radius 1 is 1.10 bits per heavy atom. The number of ether oxygens (including phenoxy) is 1. The molecular weight excluding hydrogens is 390 g/mol. The van der Waals surface area contributed by atoms with Crippen molar-refractivity contribution in [2.24, 2.45) is 0 Å². The highest BCUT2D eigenvalue weighted by Crippen LogP contribution is 2.40. The first-order valence-electron chi connectivity index (χ1n) is 9.20. The van der Waals surface area contributed by atoms with Gasteiger partial charge < -0.3 is 9.64 Å². The molecular formula is C21H21N3O4S. The molecule has 0 saturated carbocycles. The largest absolute Gasteiger partial charge is 0.491 e. The number of nitrogens with zero attached hydrogens (tertiary/aromatic N) is 3. The number of carbonyl (C=O) groups is 2. The number of benzene rings is 1. The monoisotopic (exact) mass is 411 g/mol. The summed E-state index contributed by atoms with van der Waals surface area (Å²) in [5.41, 5.74) is 0.839. The van der Waals surface area contributed by atoms with Crippen LogP contribution in [0.15, 0.2) is 59.5 Å². The third kappa shape index (κ3) is 3.13. The summed E-state index contributed by atoms with van der Waals surface area (Å²) >= 11 is 1.25. The van der Waals surface area contributed by atoms with Gasteiger partial charge in [0.25, 0.3) is 5.91 Å². The zero-order chi connectivity index (χ0) is 20.7. The Morgan fingerprint density at radius 2 is 1.83 bits per heavy atom. The maximum atomic E-state index is 13.1. The van der Waals surface area contributed by atoms with E-state index in [1.807, 2.05) is 47.5 Å². The average molecular weight is 411 g/mol. The molecule has 4 rings (SSSR count). The number of aromatic nitrogens is 1. The highest BCUT2D eigenvalue weighted by Gasteiger charge is 2.44. The van der Waals surface area contributed by atoms with Gasteiger partial charge in [0, 0.05) is 26.2 Å². The SMILES string of the molecule is COc1c2n(ccc1=O)N1[C@H](c3ccccc3)[C@H](SC(C)=O)C=C[C@H]1N(C)C2=O. The summed E-state index contributed by atoms with van der Waals surface area (Å²) < 4.78 is 6.99. The van der Waals surface area contributed by atoms with E-state index in [2.05, 4.69) is 0 Å². The number of amides is 1. The van der Waals surface area contributed by atoms with Crippen LogP contribution in [0.4, 0.5) is 0 Å². The van der Waals surface area contributed by atoms with Gasteiger partial charge in [-0.25, -0.2) is 0 Å². The average Bonchev–Trinajstić information content (AvgIpc) is 2.71.